The minimum Gasteiger partial charge on any atom is -0.352 e. The number of nitrogens with zero attached hydrogens (tertiary/aromatic N) is 2. The van der Waals surface area contributed by atoms with E-state index in [0.29, 0.717) is 19.1 Å². The number of piperazine rings is 1. The number of carbonyl (C=O) groups excluding carboxylic acids is 1. The molecule has 0 aromatic rings. The highest BCUT2D eigenvalue weighted by Crippen LogP contribution is 2.18. The van der Waals surface area contributed by atoms with Crippen LogP contribution in [0.1, 0.15) is 39.5 Å². The number of nitrogens with one attached hydrogen (secondary N) is 1. The molecule has 1 aliphatic heterocycles. The number of amides is 1. The Balaban J connectivity index is 1.70. The Bertz CT molecular complexity index is 318. The molecule has 0 spiro atoms. The smallest absolute Gasteiger partial charge is 0.234 e. The molecule has 2 rings (SSSR count). The van der Waals surface area contributed by atoms with Crippen molar-refractivity contribution in [3.63, 3.8) is 0 Å². The van der Waals surface area contributed by atoms with Crippen molar-refractivity contribution in [2.75, 3.05) is 39.3 Å². The minimum atomic E-state index is 0.0677. The number of hydrogen-bond acceptors (Lipinski definition) is 4. The minimum absolute atomic E-state index is 0.0677. The van der Waals surface area contributed by atoms with Gasteiger partial charge in [0.1, 0.15) is 0 Å². The van der Waals surface area contributed by atoms with Gasteiger partial charge in [-0.05, 0) is 26.7 Å². The highest BCUT2D eigenvalue weighted by molar-refractivity contribution is 5.78. The molecule has 2 aliphatic rings. The summed E-state index contributed by atoms with van der Waals surface area (Å²) in [6, 6.07) is 0.431. The Morgan fingerprint density at radius 3 is 2.35 bits per heavy atom. The first-order chi connectivity index (χ1) is 9.51. The third-order valence-corrected chi connectivity index (χ3v) is 4.82. The Hall–Kier alpha value is -0.650. The molecule has 2 fully saturated rings. The van der Waals surface area contributed by atoms with Crippen LogP contribution in [-0.4, -0.2) is 66.6 Å². The first kappa shape index (κ1) is 15.7. The second-order valence-corrected chi connectivity index (χ2v) is 6.83. The van der Waals surface area contributed by atoms with E-state index >= 15 is 0 Å². The van der Waals surface area contributed by atoms with E-state index < -0.39 is 0 Å². The normalized spacial score (nSPS) is 23.1. The van der Waals surface area contributed by atoms with Gasteiger partial charge in [0.25, 0.3) is 0 Å². The molecule has 1 aliphatic carbocycles. The van der Waals surface area contributed by atoms with Gasteiger partial charge in [-0.1, -0.05) is 12.8 Å². The van der Waals surface area contributed by atoms with Gasteiger partial charge in [0.05, 0.1) is 6.54 Å². The van der Waals surface area contributed by atoms with Crippen LogP contribution in [0.25, 0.3) is 0 Å². The lowest BCUT2D eigenvalue weighted by molar-refractivity contribution is -0.123. The standard InChI is InChI=1S/C15H30N4O/c1-15(2,12-16)19-9-7-18(8-10-19)11-14(20)17-13-5-3-4-6-13/h13H,3-12,16H2,1-2H3,(H,17,20). The molecular weight excluding hydrogens is 252 g/mol. The Morgan fingerprint density at radius 2 is 1.80 bits per heavy atom. The third-order valence-electron chi connectivity index (χ3n) is 4.82. The molecule has 5 nitrogen and oxygen atoms in total. The first-order valence-corrected chi connectivity index (χ1v) is 7.98. The van der Waals surface area contributed by atoms with Crippen LogP contribution < -0.4 is 11.1 Å². The topological polar surface area (TPSA) is 61.6 Å². The van der Waals surface area contributed by atoms with E-state index in [0.717, 1.165) is 39.0 Å². The Morgan fingerprint density at radius 1 is 1.20 bits per heavy atom. The lowest BCUT2D eigenvalue weighted by Crippen LogP contribution is -2.58. The van der Waals surface area contributed by atoms with Crippen LogP contribution in [-0.2, 0) is 4.79 Å². The van der Waals surface area contributed by atoms with Crippen LogP contribution in [0.2, 0.25) is 0 Å². The van der Waals surface area contributed by atoms with Gasteiger partial charge in [0, 0.05) is 44.3 Å². The zero-order valence-corrected chi connectivity index (χ0v) is 13.0. The summed E-state index contributed by atoms with van der Waals surface area (Å²) < 4.78 is 0. The molecule has 0 unspecified atom stereocenters. The number of nitrogens with two attached hydrogens (primary N) is 1. The summed E-state index contributed by atoms with van der Waals surface area (Å²) in [5, 5.41) is 3.16. The molecule has 1 saturated heterocycles. The van der Waals surface area contributed by atoms with Crippen molar-refractivity contribution in [1.82, 2.24) is 15.1 Å². The highest BCUT2D eigenvalue weighted by atomic mass is 16.2. The molecule has 1 amide bonds. The summed E-state index contributed by atoms with van der Waals surface area (Å²) in [7, 11) is 0. The predicted molar refractivity (Wildman–Crippen MR) is 81.5 cm³/mol. The number of carbonyl (C=O) groups is 1. The van der Waals surface area contributed by atoms with Crippen molar-refractivity contribution in [3.05, 3.63) is 0 Å². The van der Waals surface area contributed by atoms with Crippen LogP contribution in [0.15, 0.2) is 0 Å². The summed E-state index contributed by atoms with van der Waals surface area (Å²) in [6.45, 7) is 9.53. The summed E-state index contributed by atoms with van der Waals surface area (Å²) in [5.74, 6) is 0.198. The lowest BCUT2D eigenvalue weighted by Gasteiger charge is -2.43. The van der Waals surface area contributed by atoms with Crippen molar-refractivity contribution in [3.8, 4) is 0 Å². The largest absolute Gasteiger partial charge is 0.352 e. The van der Waals surface area contributed by atoms with Gasteiger partial charge < -0.3 is 11.1 Å². The number of rotatable bonds is 5. The average molecular weight is 282 g/mol. The van der Waals surface area contributed by atoms with Crippen molar-refractivity contribution >= 4 is 5.91 Å². The molecule has 0 atom stereocenters. The SMILES string of the molecule is CC(C)(CN)N1CCN(CC(=O)NC2CCCC2)CC1. The highest BCUT2D eigenvalue weighted by Gasteiger charge is 2.29. The van der Waals surface area contributed by atoms with Crippen LogP contribution in [0.4, 0.5) is 0 Å². The van der Waals surface area contributed by atoms with E-state index in [-0.39, 0.29) is 11.4 Å². The zero-order valence-electron chi connectivity index (χ0n) is 13.0. The molecule has 0 aromatic carbocycles. The van der Waals surface area contributed by atoms with E-state index in [9.17, 15) is 4.79 Å². The van der Waals surface area contributed by atoms with Gasteiger partial charge in [-0.3, -0.25) is 14.6 Å². The van der Waals surface area contributed by atoms with Crippen LogP contribution >= 0.6 is 0 Å². The summed E-state index contributed by atoms with van der Waals surface area (Å²) in [4.78, 5) is 16.7. The first-order valence-electron chi connectivity index (χ1n) is 7.98. The van der Waals surface area contributed by atoms with Crippen molar-refractivity contribution in [2.24, 2.45) is 5.73 Å². The van der Waals surface area contributed by atoms with Crippen molar-refractivity contribution in [1.29, 1.82) is 0 Å². The quantitative estimate of drug-likeness (QED) is 0.766. The monoisotopic (exact) mass is 282 g/mol. The van der Waals surface area contributed by atoms with Crippen LogP contribution in [0.5, 0.6) is 0 Å². The van der Waals surface area contributed by atoms with Crippen molar-refractivity contribution < 1.29 is 4.79 Å². The van der Waals surface area contributed by atoms with Crippen LogP contribution in [0, 0.1) is 0 Å². The van der Waals surface area contributed by atoms with E-state index in [2.05, 4.69) is 29.0 Å². The fraction of sp³-hybridized carbons (Fsp3) is 0.933. The second kappa shape index (κ2) is 6.87. The number of hydrogen-bond donors (Lipinski definition) is 2. The molecule has 1 heterocycles. The Labute approximate surface area is 122 Å². The molecule has 0 aromatic heterocycles. The van der Waals surface area contributed by atoms with Gasteiger partial charge in [0.2, 0.25) is 5.91 Å². The fourth-order valence-electron chi connectivity index (χ4n) is 3.19. The zero-order chi connectivity index (χ0) is 14.6. The fourth-order valence-corrected chi connectivity index (χ4v) is 3.19. The van der Waals surface area contributed by atoms with Gasteiger partial charge in [-0.2, -0.15) is 0 Å². The molecule has 5 heteroatoms. The molecule has 20 heavy (non-hydrogen) atoms. The molecule has 116 valence electrons. The van der Waals surface area contributed by atoms with Gasteiger partial charge >= 0.3 is 0 Å². The predicted octanol–water partition coefficient (Wildman–Crippen LogP) is 0.400. The van der Waals surface area contributed by atoms with E-state index in [1.165, 1.54) is 12.8 Å². The Kier molecular flexibility index (Phi) is 5.41. The molecule has 0 bridgehead atoms. The molecular formula is C15H30N4O. The van der Waals surface area contributed by atoms with E-state index in [1.54, 1.807) is 0 Å². The molecule has 0 radical (unpaired) electrons. The van der Waals surface area contributed by atoms with Gasteiger partial charge in [-0.15, -0.1) is 0 Å². The summed E-state index contributed by atoms with van der Waals surface area (Å²) in [5.41, 5.74) is 5.89. The maximum Gasteiger partial charge on any atom is 0.234 e. The summed E-state index contributed by atoms with van der Waals surface area (Å²) >= 11 is 0. The maximum atomic E-state index is 12.0. The third kappa shape index (κ3) is 4.17. The summed E-state index contributed by atoms with van der Waals surface area (Å²) in [6.07, 6.45) is 4.84. The molecule has 3 N–H and O–H groups in total. The van der Waals surface area contributed by atoms with E-state index in [4.69, 9.17) is 5.73 Å². The van der Waals surface area contributed by atoms with Gasteiger partial charge in [-0.25, -0.2) is 0 Å². The average Bonchev–Trinajstić information content (AvgIpc) is 2.92. The van der Waals surface area contributed by atoms with E-state index in [1.807, 2.05) is 0 Å². The van der Waals surface area contributed by atoms with Gasteiger partial charge in [0.15, 0.2) is 0 Å². The maximum absolute atomic E-state index is 12.0. The van der Waals surface area contributed by atoms with Crippen molar-refractivity contribution in [2.45, 2.75) is 51.1 Å². The van der Waals surface area contributed by atoms with Crippen LogP contribution in [0.3, 0.4) is 0 Å². The second-order valence-electron chi connectivity index (χ2n) is 6.83. The molecule has 1 saturated carbocycles. The lowest BCUT2D eigenvalue weighted by atomic mass is 10.0.